The van der Waals surface area contributed by atoms with Crippen LogP contribution in [0.15, 0.2) is 53.4 Å². The Morgan fingerprint density at radius 3 is 2.48 bits per heavy atom. The summed E-state index contributed by atoms with van der Waals surface area (Å²) in [5.74, 6) is 0.125. The molecule has 154 valence electrons. The maximum absolute atomic E-state index is 12.7. The van der Waals surface area contributed by atoms with E-state index >= 15 is 0 Å². The van der Waals surface area contributed by atoms with Crippen molar-refractivity contribution in [2.75, 3.05) is 20.1 Å². The zero-order chi connectivity index (χ0) is 20.4. The van der Waals surface area contributed by atoms with Gasteiger partial charge in [0.05, 0.1) is 10.9 Å². The zero-order valence-electron chi connectivity index (χ0n) is 16.9. The van der Waals surface area contributed by atoms with Crippen molar-refractivity contribution in [3.8, 4) is 0 Å². The molecule has 2 aliphatic rings. The molecule has 1 unspecified atom stereocenters. The van der Waals surface area contributed by atoms with Gasteiger partial charge in [-0.1, -0.05) is 36.4 Å². The fourth-order valence-electron chi connectivity index (χ4n) is 4.44. The Labute approximate surface area is 173 Å². The van der Waals surface area contributed by atoms with Crippen molar-refractivity contribution >= 4 is 15.9 Å². The molecule has 0 saturated carbocycles. The van der Waals surface area contributed by atoms with Crippen LogP contribution in [0.25, 0.3) is 0 Å². The van der Waals surface area contributed by atoms with Gasteiger partial charge in [-0.2, -0.15) is 4.31 Å². The Morgan fingerprint density at radius 2 is 1.76 bits per heavy atom. The van der Waals surface area contributed by atoms with Crippen LogP contribution >= 0.6 is 0 Å². The minimum absolute atomic E-state index is 0.125. The van der Waals surface area contributed by atoms with E-state index in [2.05, 4.69) is 18.2 Å². The molecule has 0 aromatic heterocycles. The second-order valence-electron chi connectivity index (χ2n) is 8.01. The van der Waals surface area contributed by atoms with Crippen molar-refractivity contribution in [1.29, 1.82) is 0 Å². The number of rotatable bonds is 6. The van der Waals surface area contributed by atoms with Gasteiger partial charge in [-0.3, -0.25) is 4.79 Å². The number of fused-ring (bicyclic) bond motifs is 1. The summed E-state index contributed by atoms with van der Waals surface area (Å²) in [5, 5.41) is 0. The maximum atomic E-state index is 12.7. The second kappa shape index (κ2) is 8.28. The minimum atomic E-state index is -3.38. The van der Waals surface area contributed by atoms with E-state index in [-0.39, 0.29) is 11.9 Å². The summed E-state index contributed by atoms with van der Waals surface area (Å²) in [6, 6.07) is 15.5. The van der Waals surface area contributed by atoms with Crippen molar-refractivity contribution in [2.45, 2.75) is 49.5 Å². The van der Waals surface area contributed by atoms with Crippen LogP contribution < -0.4 is 0 Å². The van der Waals surface area contributed by atoms with Gasteiger partial charge in [-0.15, -0.1) is 0 Å². The molecule has 1 fully saturated rings. The molecule has 6 heteroatoms. The lowest BCUT2D eigenvalue weighted by molar-refractivity contribution is -0.132. The lowest BCUT2D eigenvalue weighted by Gasteiger charge is -2.25. The van der Waals surface area contributed by atoms with Gasteiger partial charge in [-0.25, -0.2) is 8.42 Å². The summed E-state index contributed by atoms with van der Waals surface area (Å²) in [6.07, 6.45) is 4.89. The largest absolute Gasteiger partial charge is 0.339 e. The molecule has 0 spiro atoms. The third-order valence-electron chi connectivity index (χ3n) is 6.22. The Morgan fingerprint density at radius 1 is 1.07 bits per heavy atom. The fourth-order valence-corrected chi connectivity index (χ4v) is 5.96. The Kier molecular flexibility index (Phi) is 5.74. The van der Waals surface area contributed by atoms with Gasteiger partial charge < -0.3 is 4.90 Å². The summed E-state index contributed by atoms with van der Waals surface area (Å²) in [7, 11) is -1.49. The third kappa shape index (κ3) is 4.09. The number of benzene rings is 2. The van der Waals surface area contributed by atoms with Gasteiger partial charge in [0.15, 0.2) is 0 Å². The van der Waals surface area contributed by atoms with E-state index in [9.17, 15) is 13.2 Å². The average Bonchev–Trinajstić information content (AvgIpc) is 3.42. The van der Waals surface area contributed by atoms with Crippen LogP contribution in [0.2, 0.25) is 0 Å². The minimum Gasteiger partial charge on any atom is -0.339 e. The number of carbonyl (C=O) groups excluding carboxylic acids is 1. The van der Waals surface area contributed by atoms with E-state index in [4.69, 9.17) is 0 Å². The van der Waals surface area contributed by atoms with Crippen LogP contribution in [0.5, 0.6) is 0 Å². The molecule has 4 rings (SSSR count). The molecule has 1 amide bonds. The molecule has 1 aliphatic carbocycles. The standard InChI is InChI=1S/C23H28N2O3S/c1-24(22-14-11-19-6-2-3-7-21(19)22)23(26)15-10-18-8-12-20(13-9-18)29(27,28)25-16-4-5-17-25/h2-3,6-9,12-13,22H,4-5,10-11,14-17H2,1H3. The highest BCUT2D eigenvalue weighted by Gasteiger charge is 2.28. The summed E-state index contributed by atoms with van der Waals surface area (Å²) < 4.78 is 26.8. The Bertz CT molecular complexity index is 979. The number of amides is 1. The van der Waals surface area contributed by atoms with Gasteiger partial charge >= 0.3 is 0 Å². The highest BCUT2D eigenvalue weighted by atomic mass is 32.2. The molecule has 29 heavy (non-hydrogen) atoms. The SMILES string of the molecule is CN(C(=O)CCc1ccc(S(=O)(=O)N2CCCC2)cc1)C1CCc2ccccc21. The number of hydrogen-bond donors (Lipinski definition) is 0. The molecule has 1 atom stereocenters. The highest BCUT2D eigenvalue weighted by molar-refractivity contribution is 7.89. The molecule has 1 saturated heterocycles. The first-order valence-corrected chi connectivity index (χ1v) is 11.8. The molecule has 0 N–H and O–H groups in total. The lowest BCUT2D eigenvalue weighted by atomic mass is 10.1. The van der Waals surface area contributed by atoms with E-state index < -0.39 is 10.0 Å². The number of aryl methyl sites for hydroxylation is 2. The van der Waals surface area contributed by atoms with Crippen LogP contribution in [-0.4, -0.2) is 43.7 Å². The summed E-state index contributed by atoms with van der Waals surface area (Å²) in [5.41, 5.74) is 3.59. The van der Waals surface area contributed by atoms with E-state index in [0.29, 0.717) is 30.8 Å². The zero-order valence-corrected chi connectivity index (χ0v) is 17.7. The monoisotopic (exact) mass is 412 g/mol. The van der Waals surface area contributed by atoms with Crippen molar-refractivity contribution in [3.63, 3.8) is 0 Å². The van der Waals surface area contributed by atoms with Gasteiger partial charge in [0.2, 0.25) is 15.9 Å². The molecule has 2 aromatic rings. The topological polar surface area (TPSA) is 57.7 Å². The first-order valence-electron chi connectivity index (χ1n) is 10.4. The van der Waals surface area contributed by atoms with Crippen LogP contribution in [-0.2, 0) is 27.7 Å². The van der Waals surface area contributed by atoms with Crippen molar-refractivity contribution in [2.24, 2.45) is 0 Å². The van der Waals surface area contributed by atoms with Gasteiger partial charge in [-0.05, 0) is 60.9 Å². The number of nitrogens with zero attached hydrogens (tertiary/aromatic N) is 2. The number of carbonyl (C=O) groups is 1. The first-order chi connectivity index (χ1) is 14.0. The quantitative estimate of drug-likeness (QED) is 0.729. The highest BCUT2D eigenvalue weighted by Crippen LogP contribution is 2.35. The van der Waals surface area contributed by atoms with Gasteiger partial charge in [0, 0.05) is 26.6 Å². The summed E-state index contributed by atoms with van der Waals surface area (Å²) in [4.78, 5) is 15.0. The van der Waals surface area contributed by atoms with Crippen molar-refractivity contribution in [1.82, 2.24) is 9.21 Å². The number of hydrogen-bond acceptors (Lipinski definition) is 3. The van der Waals surface area contributed by atoms with E-state index in [0.717, 1.165) is 31.2 Å². The average molecular weight is 413 g/mol. The lowest BCUT2D eigenvalue weighted by Crippen LogP contribution is -2.30. The maximum Gasteiger partial charge on any atom is 0.243 e. The second-order valence-corrected chi connectivity index (χ2v) is 9.95. The molecule has 1 aliphatic heterocycles. The molecule has 5 nitrogen and oxygen atoms in total. The van der Waals surface area contributed by atoms with E-state index in [1.54, 1.807) is 16.4 Å². The van der Waals surface area contributed by atoms with Crippen LogP contribution in [0.3, 0.4) is 0 Å². The molecule has 2 aromatic carbocycles. The predicted molar refractivity (Wildman–Crippen MR) is 113 cm³/mol. The molecule has 1 heterocycles. The molecular weight excluding hydrogens is 384 g/mol. The molecule has 0 bridgehead atoms. The Hall–Kier alpha value is -2.18. The van der Waals surface area contributed by atoms with Crippen LogP contribution in [0.1, 0.15) is 48.4 Å². The third-order valence-corrected chi connectivity index (χ3v) is 8.13. The first kappa shape index (κ1) is 20.1. The smallest absolute Gasteiger partial charge is 0.243 e. The number of sulfonamides is 1. The van der Waals surface area contributed by atoms with Crippen molar-refractivity contribution in [3.05, 3.63) is 65.2 Å². The van der Waals surface area contributed by atoms with Crippen LogP contribution in [0.4, 0.5) is 0 Å². The van der Waals surface area contributed by atoms with Gasteiger partial charge in [0.25, 0.3) is 0 Å². The van der Waals surface area contributed by atoms with Crippen LogP contribution in [0, 0.1) is 0 Å². The Balaban J connectivity index is 1.36. The molecular formula is C23H28N2O3S. The summed E-state index contributed by atoms with van der Waals surface area (Å²) in [6.45, 7) is 1.21. The van der Waals surface area contributed by atoms with Crippen molar-refractivity contribution < 1.29 is 13.2 Å². The van der Waals surface area contributed by atoms with E-state index in [1.807, 2.05) is 30.1 Å². The summed E-state index contributed by atoms with van der Waals surface area (Å²) >= 11 is 0. The normalized spacial score (nSPS) is 19.3. The van der Waals surface area contributed by atoms with Gasteiger partial charge in [0.1, 0.15) is 0 Å². The molecule has 0 radical (unpaired) electrons. The van der Waals surface area contributed by atoms with E-state index in [1.165, 1.54) is 11.1 Å². The fraction of sp³-hybridized carbons (Fsp3) is 0.435. The predicted octanol–water partition coefficient (Wildman–Crippen LogP) is 3.55.